The molecule has 2 saturated carbocycles. The van der Waals surface area contributed by atoms with E-state index in [1.54, 1.807) is 75.4 Å². The van der Waals surface area contributed by atoms with Crippen molar-refractivity contribution in [2.75, 3.05) is 53.8 Å². The molecule has 0 bridgehead atoms. The number of oxime groups is 2. The van der Waals surface area contributed by atoms with Crippen LogP contribution in [0, 0.1) is 34.5 Å². The molecule has 4 saturated heterocycles. The van der Waals surface area contributed by atoms with Gasteiger partial charge in [-0.2, -0.15) is 0 Å². The Kier molecular flexibility index (Phi) is 28.1. The number of rotatable bonds is 29. The van der Waals surface area contributed by atoms with Crippen molar-refractivity contribution in [3.63, 3.8) is 0 Å². The van der Waals surface area contributed by atoms with Crippen LogP contribution in [0.1, 0.15) is 199 Å². The molecule has 6 fully saturated rings. The standard InChI is InChI=1S/C37H51N3O9.C36H47N3O9.CH3F.CH4/c1-6-10-25(32(46-5)30(42)17-23-13-14-23)18-29(41)28-20-37(19-27(39-49-37)31(43)24-11-8-7-9-12-24)22-40(28)34(44)33(36(2,3)4)38-35(45)48-26-15-16-47-21-26;1-5-9-24(31(43)29(41)16-22-12-13-22)17-28(40)27-19-36(18-26(38-48-36)30(42)23-10-7-6-8-11-23)21-39(27)33(44)32(35(2,3)4)37-34(45)47-25-14-15-46-20-25;1-2;/h7-9,11-12,23,25-26,28,32-33H,6,10,13-22H2,1-5H3,(H,38,45);6-8,10-11,22,24-25,27,32H,5,9,12-21H2,1-4H3,(H,37,45);1H3;1H4/t25-,26+,28+,32?,33-,37?;24-,25+,27+,32-,36?;;/m11../s1. The number of halogens is 1. The number of nitrogens with zero attached hydrogens (tertiary/aromatic N) is 4. The summed E-state index contributed by atoms with van der Waals surface area (Å²) in [4.78, 5) is 164. The van der Waals surface area contributed by atoms with Crippen molar-refractivity contribution in [2.45, 2.75) is 232 Å². The third kappa shape index (κ3) is 20.8. The van der Waals surface area contributed by atoms with Gasteiger partial charge in [-0.25, -0.2) is 9.59 Å². The highest BCUT2D eigenvalue weighted by atomic mass is 19.1. The van der Waals surface area contributed by atoms with Crippen molar-refractivity contribution in [3.05, 3.63) is 71.8 Å². The Labute approximate surface area is 587 Å². The van der Waals surface area contributed by atoms with Crippen LogP contribution in [0.15, 0.2) is 71.0 Å². The van der Waals surface area contributed by atoms with Crippen LogP contribution >= 0.6 is 0 Å². The quantitative estimate of drug-likeness (QED) is 0.0565. The van der Waals surface area contributed by atoms with Crippen molar-refractivity contribution in [3.8, 4) is 0 Å². The lowest BCUT2D eigenvalue weighted by atomic mass is 9.84. The number of carbonyl (C=O) groups is 11. The number of likely N-dealkylation sites (tertiary alicyclic amines) is 2. The first-order chi connectivity index (χ1) is 47.1. The molecule has 8 aliphatic rings. The van der Waals surface area contributed by atoms with Crippen LogP contribution in [0.2, 0.25) is 0 Å². The monoisotopic (exact) mass is 1400 g/mol. The number of benzene rings is 2. The predicted molar refractivity (Wildman–Crippen MR) is 368 cm³/mol. The third-order valence-electron chi connectivity index (χ3n) is 19.7. The zero-order chi connectivity index (χ0) is 72.0. The van der Waals surface area contributed by atoms with E-state index in [1.807, 2.05) is 40.7 Å². The summed E-state index contributed by atoms with van der Waals surface area (Å²) in [7, 11) is 2.01. The Bertz CT molecular complexity index is 3300. The van der Waals surface area contributed by atoms with Crippen LogP contribution in [0.5, 0.6) is 0 Å². The normalized spacial score (nSPS) is 24.4. The highest BCUT2D eigenvalue weighted by Crippen LogP contribution is 2.44. The van der Waals surface area contributed by atoms with Gasteiger partial charge >= 0.3 is 12.2 Å². The van der Waals surface area contributed by atoms with Crippen LogP contribution in [-0.4, -0.2) is 193 Å². The molecule has 2 aromatic rings. The van der Waals surface area contributed by atoms with Gasteiger partial charge in [0, 0.05) is 88.4 Å². The number of nitrogens with one attached hydrogen (secondary N) is 2. The number of ether oxygens (including phenoxy) is 5. The second-order valence-corrected chi connectivity index (χ2v) is 30.0. The summed E-state index contributed by atoms with van der Waals surface area (Å²) >= 11 is 0. The second kappa shape index (κ2) is 35.3. The van der Waals surface area contributed by atoms with Gasteiger partial charge < -0.3 is 53.8 Å². The van der Waals surface area contributed by atoms with Gasteiger partial charge in [-0.1, -0.05) is 147 Å². The molecule has 11 atom stereocenters. The summed E-state index contributed by atoms with van der Waals surface area (Å²) < 4.78 is 36.9. The Balaban J connectivity index is 0.000000272. The second-order valence-electron chi connectivity index (χ2n) is 30.0. The molecule has 0 radical (unpaired) electrons. The maximum absolute atomic E-state index is 14.5. The largest absolute Gasteiger partial charge is 0.444 e. The molecule has 550 valence electrons. The molecular weight excluding hydrogens is 1290 g/mol. The van der Waals surface area contributed by atoms with Gasteiger partial charge in [0.15, 0.2) is 34.3 Å². The fourth-order valence-corrected chi connectivity index (χ4v) is 14.0. The molecule has 3 unspecified atom stereocenters. The van der Waals surface area contributed by atoms with Crippen molar-refractivity contribution >= 4 is 75.9 Å². The number of amides is 4. The molecule has 25 heteroatoms. The minimum absolute atomic E-state index is 0. The first kappa shape index (κ1) is 79.7. The number of Topliss-reactive ketones (excluding diaryl/α,β-unsaturated/α-hetero) is 7. The lowest BCUT2D eigenvalue weighted by molar-refractivity contribution is -0.143. The number of methoxy groups -OCH3 is 1. The summed E-state index contributed by atoms with van der Waals surface area (Å²) in [5.41, 5.74) is -2.51. The van der Waals surface area contributed by atoms with Crippen LogP contribution in [0.25, 0.3) is 0 Å². The summed E-state index contributed by atoms with van der Waals surface area (Å²) in [6.07, 6.45) is 5.10. The molecule has 100 heavy (non-hydrogen) atoms. The number of hydrogen-bond donors (Lipinski definition) is 2. The number of hydrogen-bond acceptors (Lipinski definition) is 20. The highest BCUT2D eigenvalue weighted by Gasteiger charge is 2.58. The molecule has 0 aromatic heterocycles. The molecule has 2 N–H and O–H groups in total. The fourth-order valence-electron chi connectivity index (χ4n) is 14.0. The predicted octanol–water partition coefficient (Wildman–Crippen LogP) is 10.1. The van der Waals surface area contributed by atoms with Gasteiger partial charge in [-0.05, 0) is 67.1 Å². The van der Waals surface area contributed by atoms with E-state index in [-0.39, 0.29) is 124 Å². The lowest BCUT2D eigenvalue weighted by Gasteiger charge is -2.35. The molecule has 6 aliphatic heterocycles. The average molecular weight is 1400 g/mol. The molecule has 2 spiro atoms. The van der Waals surface area contributed by atoms with E-state index < -0.39 is 106 Å². The van der Waals surface area contributed by atoms with E-state index in [1.165, 1.54) is 16.9 Å². The highest BCUT2D eigenvalue weighted by molar-refractivity contribution is 6.47. The molecule has 4 amide bonds. The van der Waals surface area contributed by atoms with Crippen LogP contribution in [-0.2, 0) is 66.9 Å². The van der Waals surface area contributed by atoms with E-state index in [0.29, 0.717) is 82.6 Å². The van der Waals surface area contributed by atoms with E-state index in [9.17, 15) is 57.1 Å². The number of ketones is 7. The Hall–Kier alpha value is -7.64. The van der Waals surface area contributed by atoms with Gasteiger partial charge in [0.2, 0.25) is 29.2 Å². The van der Waals surface area contributed by atoms with Crippen LogP contribution < -0.4 is 10.6 Å². The molecule has 10 rings (SSSR count). The zero-order valence-electron chi connectivity index (χ0n) is 59.1. The molecule has 24 nitrogen and oxygen atoms in total. The summed E-state index contributed by atoms with van der Waals surface area (Å²) in [5.74, 6) is -3.69. The maximum Gasteiger partial charge on any atom is 0.408 e. The Morgan fingerprint density at radius 2 is 1.02 bits per heavy atom. The van der Waals surface area contributed by atoms with E-state index in [4.69, 9.17) is 33.4 Å². The third-order valence-corrected chi connectivity index (χ3v) is 19.7. The molecular formula is C75H105FN6O18. The van der Waals surface area contributed by atoms with E-state index in [0.717, 1.165) is 32.1 Å². The minimum Gasteiger partial charge on any atom is -0.444 e. The van der Waals surface area contributed by atoms with Gasteiger partial charge in [-0.3, -0.25) is 47.5 Å². The first-order valence-electron chi connectivity index (χ1n) is 35.1. The van der Waals surface area contributed by atoms with Crippen molar-refractivity contribution in [2.24, 2.45) is 44.8 Å². The van der Waals surface area contributed by atoms with Crippen molar-refractivity contribution < 1.29 is 90.5 Å². The Morgan fingerprint density at radius 3 is 1.40 bits per heavy atom. The van der Waals surface area contributed by atoms with Gasteiger partial charge in [-0.15, -0.1) is 0 Å². The van der Waals surface area contributed by atoms with E-state index in [2.05, 4.69) is 20.9 Å². The first-order valence-corrected chi connectivity index (χ1v) is 35.1. The minimum atomic E-state index is -1.16. The SMILES string of the molecule is C.CCC[C@H](CC(=O)[C@@H]1CC2(CC(C(=O)c3ccccc3)=NO2)CN1C(=O)[C@@H](NC(=O)O[C@H]1CCOC1)C(C)(C)C)C(=O)C(=O)CC1CC1.CCC[C@H](CC(=O)[C@@H]1CC2(CC(C(=O)c3ccccc3)=NO2)CN1C(=O)[C@@H](NC(=O)O[C@H]1CCOC1)C(C)(C)C)C(OC)C(=O)CC1CC1.CF. The van der Waals surface area contributed by atoms with Crippen molar-refractivity contribution in [1.29, 1.82) is 0 Å². The van der Waals surface area contributed by atoms with Gasteiger partial charge in [0.25, 0.3) is 0 Å². The number of alkyl halides is 1. The van der Waals surface area contributed by atoms with Gasteiger partial charge in [0.05, 0.1) is 58.8 Å². The van der Waals surface area contributed by atoms with E-state index >= 15 is 0 Å². The lowest BCUT2D eigenvalue weighted by Crippen LogP contribution is -2.57. The maximum atomic E-state index is 14.5. The van der Waals surface area contributed by atoms with Crippen LogP contribution in [0.3, 0.4) is 0 Å². The summed E-state index contributed by atoms with van der Waals surface area (Å²) in [5, 5.41) is 13.8. The fraction of sp³-hybridized carbons (Fsp3) is 0.667. The van der Waals surface area contributed by atoms with Crippen molar-refractivity contribution in [1.82, 2.24) is 20.4 Å². The van der Waals surface area contributed by atoms with Crippen LogP contribution in [0.4, 0.5) is 14.0 Å². The average Bonchev–Trinajstić information content (AvgIpc) is 1.61. The molecule has 6 heterocycles. The topological polar surface area (TPSA) is 308 Å². The zero-order valence-corrected chi connectivity index (χ0v) is 59.1. The van der Waals surface area contributed by atoms with Gasteiger partial charge in [0.1, 0.15) is 41.8 Å². The summed E-state index contributed by atoms with van der Waals surface area (Å²) in [6.45, 7) is 16.2. The smallest absolute Gasteiger partial charge is 0.408 e. The summed E-state index contributed by atoms with van der Waals surface area (Å²) in [6, 6.07) is 13.3. The number of alkyl carbamates (subject to hydrolysis) is 2. The number of carbonyl (C=O) groups excluding carboxylic acids is 11. The molecule has 2 aliphatic carbocycles. The Morgan fingerprint density at radius 1 is 0.600 bits per heavy atom. The molecule has 2 aromatic carbocycles.